The van der Waals surface area contributed by atoms with Crippen molar-refractivity contribution < 1.29 is 4.74 Å². The topological polar surface area (TPSA) is 21.3 Å². The minimum absolute atomic E-state index is 0.391. The van der Waals surface area contributed by atoms with Crippen LogP contribution in [0.25, 0.3) is 0 Å². The maximum absolute atomic E-state index is 5.69. The third-order valence-electron chi connectivity index (χ3n) is 2.89. The lowest BCUT2D eigenvalue weighted by Crippen LogP contribution is -2.18. The van der Waals surface area contributed by atoms with Crippen molar-refractivity contribution in [1.82, 2.24) is 0 Å². The standard InChI is InChI=1S/C13H18ClNO/c14-8-7-11-3-5-12(6-4-11)15-10-13-2-1-9-16-13/h3-6,13,15H,1-2,7-10H2. The molecule has 16 heavy (non-hydrogen) atoms. The molecule has 0 bridgehead atoms. The quantitative estimate of drug-likeness (QED) is 0.798. The van der Waals surface area contributed by atoms with Gasteiger partial charge in [0.25, 0.3) is 0 Å². The summed E-state index contributed by atoms with van der Waals surface area (Å²) in [5.74, 6) is 0.683. The fourth-order valence-corrected chi connectivity index (χ4v) is 2.15. The van der Waals surface area contributed by atoms with Gasteiger partial charge >= 0.3 is 0 Å². The van der Waals surface area contributed by atoms with E-state index in [1.165, 1.54) is 18.4 Å². The Bertz CT molecular complexity index is 306. The Morgan fingerprint density at radius 1 is 1.31 bits per heavy atom. The number of anilines is 1. The molecule has 2 rings (SSSR count). The molecule has 0 spiro atoms. The van der Waals surface area contributed by atoms with E-state index in [-0.39, 0.29) is 0 Å². The highest BCUT2D eigenvalue weighted by atomic mass is 35.5. The number of aryl methyl sites for hydroxylation is 1. The molecule has 0 saturated carbocycles. The van der Waals surface area contributed by atoms with Gasteiger partial charge in [-0.2, -0.15) is 0 Å². The monoisotopic (exact) mass is 239 g/mol. The maximum Gasteiger partial charge on any atom is 0.0748 e. The number of benzene rings is 1. The Hall–Kier alpha value is -0.730. The number of halogens is 1. The molecule has 1 N–H and O–H groups in total. The number of nitrogens with one attached hydrogen (secondary N) is 1. The van der Waals surface area contributed by atoms with Gasteiger partial charge in [-0.25, -0.2) is 0 Å². The van der Waals surface area contributed by atoms with Gasteiger partial charge in [0.15, 0.2) is 0 Å². The summed E-state index contributed by atoms with van der Waals surface area (Å²) in [4.78, 5) is 0. The summed E-state index contributed by atoms with van der Waals surface area (Å²) in [6.07, 6.45) is 3.70. The minimum Gasteiger partial charge on any atom is -0.382 e. The second kappa shape index (κ2) is 6.12. The predicted octanol–water partition coefficient (Wildman–Crippen LogP) is 3.06. The molecule has 1 saturated heterocycles. The van der Waals surface area contributed by atoms with Crippen LogP contribution in [0.3, 0.4) is 0 Å². The summed E-state index contributed by atoms with van der Waals surface area (Å²) < 4.78 is 5.56. The second-order valence-electron chi connectivity index (χ2n) is 4.15. The number of hydrogen-bond donors (Lipinski definition) is 1. The molecule has 0 aliphatic carbocycles. The zero-order valence-electron chi connectivity index (χ0n) is 9.42. The van der Waals surface area contributed by atoms with E-state index < -0.39 is 0 Å². The molecule has 1 atom stereocenters. The van der Waals surface area contributed by atoms with E-state index >= 15 is 0 Å². The molecule has 3 heteroatoms. The number of rotatable bonds is 5. The molecular weight excluding hydrogens is 222 g/mol. The lowest BCUT2D eigenvalue weighted by atomic mass is 10.1. The Labute approximate surface area is 102 Å². The van der Waals surface area contributed by atoms with E-state index in [0.29, 0.717) is 12.0 Å². The van der Waals surface area contributed by atoms with Gasteiger partial charge in [0.2, 0.25) is 0 Å². The van der Waals surface area contributed by atoms with Gasteiger partial charge in [0.1, 0.15) is 0 Å². The second-order valence-corrected chi connectivity index (χ2v) is 4.53. The maximum atomic E-state index is 5.69. The molecule has 88 valence electrons. The van der Waals surface area contributed by atoms with Crippen LogP contribution < -0.4 is 5.32 Å². The first-order valence-electron chi connectivity index (χ1n) is 5.89. The fourth-order valence-electron chi connectivity index (χ4n) is 1.94. The molecule has 1 aromatic rings. The Morgan fingerprint density at radius 3 is 2.75 bits per heavy atom. The minimum atomic E-state index is 0.391. The van der Waals surface area contributed by atoms with Crippen LogP contribution in [0.5, 0.6) is 0 Å². The van der Waals surface area contributed by atoms with Gasteiger partial charge in [-0.15, -0.1) is 11.6 Å². The van der Waals surface area contributed by atoms with Crippen LogP contribution in [0, 0.1) is 0 Å². The van der Waals surface area contributed by atoms with E-state index in [1.54, 1.807) is 0 Å². The van der Waals surface area contributed by atoms with Gasteiger partial charge in [-0.05, 0) is 37.0 Å². The highest BCUT2D eigenvalue weighted by molar-refractivity contribution is 6.17. The van der Waals surface area contributed by atoms with Gasteiger partial charge in [0, 0.05) is 24.7 Å². The van der Waals surface area contributed by atoms with Crippen molar-refractivity contribution in [3.63, 3.8) is 0 Å². The normalized spacial score (nSPS) is 19.9. The van der Waals surface area contributed by atoms with Gasteiger partial charge in [-0.3, -0.25) is 0 Å². The smallest absolute Gasteiger partial charge is 0.0748 e. The summed E-state index contributed by atoms with van der Waals surface area (Å²) >= 11 is 5.69. The number of hydrogen-bond acceptors (Lipinski definition) is 2. The highest BCUT2D eigenvalue weighted by Gasteiger charge is 2.14. The summed E-state index contributed by atoms with van der Waals surface area (Å²) in [6, 6.07) is 8.47. The van der Waals surface area contributed by atoms with Crippen molar-refractivity contribution in [1.29, 1.82) is 0 Å². The first-order valence-corrected chi connectivity index (χ1v) is 6.42. The zero-order chi connectivity index (χ0) is 11.2. The van der Waals surface area contributed by atoms with Crippen molar-refractivity contribution in [3.05, 3.63) is 29.8 Å². The predicted molar refractivity (Wildman–Crippen MR) is 68.3 cm³/mol. The first kappa shape index (κ1) is 11.7. The average Bonchev–Trinajstić information content (AvgIpc) is 2.82. The molecule has 1 fully saturated rings. The molecule has 1 aliphatic rings. The van der Waals surface area contributed by atoms with E-state index in [2.05, 4.69) is 29.6 Å². The fraction of sp³-hybridized carbons (Fsp3) is 0.538. The van der Waals surface area contributed by atoms with Crippen LogP contribution in [0.15, 0.2) is 24.3 Å². The van der Waals surface area contributed by atoms with Crippen LogP contribution in [-0.2, 0) is 11.2 Å². The lowest BCUT2D eigenvalue weighted by molar-refractivity contribution is 0.120. The zero-order valence-corrected chi connectivity index (χ0v) is 10.2. The van der Waals surface area contributed by atoms with E-state index in [0.717, 1.165) is 25.3 Å². The van der Waals surface area contributed by atoms with Crippen LogP contribution in [-0.4, -0.2) is 25.1 Å². The van der Waals surface area contributed by atoms with E-state index in [4.69, 9.17) is 16.3 Å². The lowest BCUT2D eigenvalue weighted by Gasteiger charge is -2.12. The molecule has 0 amide bonds. The summed E-state index contributed by atoms with van der Waals surface area (Å²) in [5.41, 5.74) is 2.45. The molecular formula is C13H18ClNO. The molecule has 1 aliphatic heterocycles. The molecule has 0 radical (unpaired) electrons. The van der Waals surface area contributed by atoms with Crippen LogP contribution in [0.4, 0.5) is 5.69 Å². The summed E-state index contributed by atoms with van der Waals surface area (Å²) in [7, 11) is 0. The average molecular weight is 240 g/mol. The third-order valence-corrected chi connectivity index (χ3v) is 3.08. The van der Waals surface area contributed by atoms with Gasteiger partial charge in [-0.1, -0.05) is 12.1 Å². The van der Waals surface area contributed by atoms with Crippen molar-refractivity contribution in [2.45, 2.75) is 25.4 Å². The van der Waals surface area contributed by atoms with Crippen LogP contribution in [0.1, 0.15) is 18.4 Å². The Morgan fingerprint density at radius 2 is 2.12 bits per heavy atom. The van der Waals surface area contributed by atoms with Crippen molar-refractivity contribution >= 4 is 17.3 Å². The molecule has 1 unspecified atom stereocenters. The van der Waals surface area contributed by atoms with Crippen molar-refractivity contribution in [3.8, 4) is 0 Å². The SMILES string of the molecule is ClCCc1ccc(NCC2CCCO2)cc1. The largest absolute Gasteiger partial charge is 0.382 e. The first-order chi connectivity index (χ1) is 7.88. The Balaban J connectivity index is 1.80. The van der Waals surface area contributed by atoms with E-state index in [9.17, 15) is 0 Å². The summed E-state index contributed by atoms with van der Waals surface area (Å²) in [6.45, 7) is 1.83. The van der Waals surface area contributed by atoms with Crippen molar-refractivity contribution in [2.24, 2.45) is 0 Å². The molecule has 2 nitrogen and oxygen atoms in total. The van der Waals surface area contributed by atoms with Crippen molar-refractivity contribution in [2.75, 3.05) is 24.3 Å². The number of ether oxygens (including phenoxy) is 1. The van der Waals surface area contributed by atoms with E-state index in [1.807, 2.05) is 0 Å². The highest BCUT2D eigenvalue weighted by Crippen LogP contribution is 2.14. The van der Waals surface area contributed by atoms with Gasteiger partial charge < -0.3 is 10.1 Å². The third kappa shape index (κ3) is 3.39. The Kier molecular flexibility index (Phi) is 4.49. The molecule has 1 aromatic carbocycles. The summed E-state index contributed by atoms with van der Waals surface area (Å²) in [5, 5.41) is 3.40. The number of alkyl halides is 1. The van der Waals surface area contributed by atoms with Crippen LogP contribution >= 0.6 is 11.6 Å². The molecule has 1 heterocycles. The molecule has 0 aromatic heterocycles. The van der Waals surface area contributed by atoms with Gasteiger partial charge in [0.05, 0.1) is 6.10 Å². The van der Waals surface area contributed by atoms with Crippen LogP contribution in [0.2, 0.25) is 0 Å².